The molecule has 2 unspecified atom stereocenters. The minimum Gasteiger partial charge on any atom is -0.493 e. The Balaban J connectivity index is 2.25. The zero-order valence-corrected chi connectivity index (χ0v) is 14.0. The molecule has 0 aromatic heterocycles. The van der Waals surface area contributed by atoms with Crippen molar-refractivity contribution in [1.29, 1.82) is 0 Å². The third-order valence-corrected chi connectivity index (χ3v) is 3.96. The molecular formula is C19H22O5. The maximum absolute atomic E-state index is 11.0. The zero-order chi connectivity index (χ0) is 17.7. The lowest BCUT2D eigenvalue weighted by molar-refractivity contribution is -0.147. The number of hydrogen-bond donors (Lipinski definition) is 2. The lowest BCUT2D eigenvalue weighted by atomic mass is 9.93. The second kappa shape index (κ2) is 7.84. The first-order valence-corrected chi connectivity index (χ1v) is 7.70. The number of methoxy groups -OCH3 is 1. The molecule has 0 aliphatic heterocycles. The van der Waals surface area contributed by atoms with Gasteiger partial charge in [-0.05, 0) is 29.7 Å². The third-order valence-electron chi connectivity index (χ3n) is 3.96. The van der Waals surface area contributed by atoms with Crippen molar-refractivity contribution in [2.45, 2.75) is 32.5 Å². The van der Waals surface area contributed by atoms with Crippen LogP contribution in [0, 0.1) is 6.92 Å². The van der Waals surface area contributed by atoms with E-state index in [0.717, 1.165) is 11.1 Å². The number of aryl methyl sites for hydroxylation is 1. The summed E-state index contributed by atoms with van der Waals surface area (Å²) in [7, 11) is 1.53. The molecule has 128 valence electrons. The molecule has 0 fully saturated rings. The van der Waals surface area contributed by atoms with Gasteiger partial charge in [0.15, 0.2) is 17.6 Å². The van der Waals surface area contributed by atoms with E-state index in [2.05, 4.69) is 0 Å². The summed E-state index contributed by atoms with van der Waals surface area (Å²) >= 11 is 0. The first-order chi connectivity index (χ1) is 11.4. The van der Waals surface area contributed by atoms with Crippen LogP contribution in [0.1, 0.15) is 29.5 Å². The molecule has 0 aliphatic rings. The summed E-state index contributed by atoms with van der Waals surface area (Å²) in [4.78, 5) is 11.0. The number of rotatable bonds is 7. The fourth-order valence-corrected chi connectivity index (χ4v) is 2.49. The van der Waals surface area contributed by atoms with E-state index in [1.165, 1.54) is 7.11 Å². The van der Waals surface area contributed by atoms with E-state index in [-0.39, 0.29) is 0 Å². The quantitative estimate of drug-likeness (QED) is 0.816. The van der Waals surface area contributed by atoms with Gasteiger partial charge in [0.2, 0.25) is 0 Å². The van der Waals surface area contributed by atoms with Crippen molar-refractivity contribution in [2.24, 2.45) is 0 Å². The number of carboxylic acids is 1. The highest BCUT2D eigenvalue weighted by atomic mass is 16.5. The lowest BCUT2D eigenvalue weighted by Crippen LogP contribution is -2.25. The van der Waals surface area contributed by atoms with Crippen molar-refractivity contribution in [3.05, 3.63) is 59.2 Å². The third kappa shape index (κ3) is 4.06. The molecule has 0 radical (unpaired) electrons. The monoisotopic (exact) mass is 330 g/mol. The number of ether oxygens (including phenoxy) is 2. The van der Waals surface area contributed by atoms with E-state index in [1.807, 2.05) is 43.3 Å². The average Bonchev–Trinajstić information content (AvgIpc) is 2.59. The van der Waals surface area contributed by atoms with E-state index in [1.54, 1.807) is 13.0 Å². The number of aliphatic hydroxyl groups excluding tert-OH is 1. The van der Waals surface area contributed by atoms with Crippen molar-refractivity contribution in [1.82, 2.24) is 0 Å². The van der Waals surface area contributed by atoms with E-state index in [4.69, 9.17) is 14.6 Å². The van der Waals surface area contributed by atoms with Gasteiger partial charge in [-0.3, -0.25) is 0 Å². The smallest absolute Gasteiger partial charge is 0.333 e. The summed E-state index contributed by atoms with van der Waals surface area (Å²) in [6.45, 7) is 3.94. The van der Waals surface area contributed by atoms with E-state index in [9.17, 15) is 9.90 Å². The Bertz CT molecular complexity index is 696. The number of carboxylic acid groups (broad SMARTS) is 1. The standard InChI is InChI=1S/C19H22O5/c1-12-9-15(13(2)17(20)19(21)22)10-16(23-3)18(12)24-11-14-7-5-4-6-8-14/h4-10,13,17,20H,11H2,1-3H3,(H,21,22). The normalized spacial score (nSPS) is 13.2. The number of aliphatic hydroxyl groups is 1. The molecule has 0 bridgehead atoms. The molecule has 2 N–H and O–H groups in total. The minimum atomic E-state index is -1.47. The van der Waals surface area contributed by atoms with Crippen LogP contribution in [0.4, 0.5) is 0 Å². The van der Waals surface area contributed by atoms with Gasteiger partial charge in [-0.1, -0.05) is 43.3 Å². The molecule has 5 nitrogen and oxygen atoms in total. The van der Waals surface area contributed by atoms with Gasteiger partial charge < -0.3 is 19.7 Å². The predicted molar refractivity (Wildman–Crippen MR) is 90.6 cm³/mol. The number of aliphatic carboxylic acids is 1. The molecule has 0 aliphatic carbocycles. The second-order valence-electron chi connectivity index (χ2n) is 5.72. The van der Waals surface area contributed by atoms with Crippen LogP contribution in [0.2, 0.25) is 0 Å². The molecule has 2 aromatic carbocycles. The van der Waals surface area contributed by atoms with Gasteiger partial charge in [-0.15, -0.1) is 0 Å². The van der Waals surface area contributed by atoms with E-state index in [0.29, 0.717) is 23.7 Å². The van der Waals surface area contributed by atoms with Gasteiger partial charge in [0, 0.05) is 5.92 Å². The molecule has 5 heteroatoms. The zero-order valence-electron chi connectivity index (χ0n) is 14.0. The molecule has 2 atom stereocenters. The summed E-state index contributed by atoms with van der Waals surface area (Å²) < 4.78 is 11.3. The molecule has 0 amide bonds. The van der Waals surface area contributed by atoms with Gasteiger partial charge >= 0.3 is 5.97 Å². The van der Waals surface area contributed by atoms with Crippen LogP contribution < -0.4 is 9.47 Å². The number of carbonyl (C=O) groups is 1. The van der Waals surface area contributed by atoms with Crippen molar-refractivity contribution in [2.75, 3.05) is 7.11 Å². The first kappa shape index (κ1) is 17.8. The Labute approximate surface area is 141 Å². The highest BCUT2D eigenvalue weighted by Crippen LogP contribution is 2.36. The summed E-state index contributed by atoms with van der Waals surface area (Å²) in [6.07, 6.45) is -1.47. The topological polar surface area (TPSA) is 76.0 Å². The Kier molecular flexibility index (Phi) is 5.82. The SMILES string of the molecule is COc1cc(C(C)C(O)C(=O)O)cc(C)c1OCc1ccccc1. The van der Waals surface area contributed by atoms with Gasteiger partial charge in [-0.2, -0.15) is 0 Å². The highest BCUT2D eigenvalue weighted by molar-refractivity contribution is 5.73. The molecule has 2 rings (SSSR count). The maximum atomic E-state index is 11.0. The van der Waals surface area contributed by atoms with Gasteiger partial charge in [0.1, 0.15) is 6.61 Å². The Hall–Kier alpha value is -2.53. The Morgan fingerprint density at radius 1 is 1.21 bits per heavy atom. The molecule has 0 spiro atoms. The van der Waals surface area contributed by atoms with E-state index >= 15 is 0 Å². The molecule has 24 heavy (non-hydrogen) atoms. The molecular weight excluding hydrogens is 308 g/mol. The van der Waals surface area contributed by atoms with Crippen molar-refractivity contribution in [3.63, 3.8) is 0 Å². The van der Waals surface area contributed by atoms with Crippen LogP contribution in [-0.4, -0.2) is 29.4 Å². The summed E-state index contributed by atoms with van der Waals surface area (Å²) in [5.41, 5.74) is 2.55. The molecule has 0 heterocycles. The molecule has 0 saturated carbocycles. The van der Waals surface area contributed by atoms with Gasteiger partial charge in [0.05, 0.1) is 7.11 Å². The summed E-state index contributed by atoms with van der Waals surface area (Å²) in [5, 5.41) is 18.7. The van der Waals surface area contributed by atoms with Crippen LogP contribution in [0.15, 0.2) is 42.5 Å². The van der Waals surface area contributed by atoms with E-state index < -0.39 is 18.0 Å². The average molecular weight is 330 g/mol. The van der Waals surface area contributed by atoms with Crippen molar-refractivity contribution < 1.29 is 24.5 Å². The molecule has 0 saturated heterocycles. The lowest BCUT2D eigenvalue weighted by Gasteiger charge is -2.20. The minimum absolute atomic E-state index is 0.407. The summed E-state index contributed by atoms with van der Waals surface area (Å²) in [5.74, 6) is -0.672. The van der Waals surface area contributed by atoms with Crippen molar-refractivity contribution >= 4 is 5.97 Å². The predicted octanol–water partition coefficient (Wildman–Crippen LogP) is 3.13. The second-order valence-corrected chi connectivity index (χ2v) is 5.72. The molecule has 2 aromatic rings. The Morgan fingerprint density at radius 2 is 1.88 bits per heavy atom. The highest BCUT2D eigenvalue weighted by Gasteiger charge is 2.25. The Morgan fingerprint density at radius 3 is 2.46 bits per heavy atom. The van der Waals surface area contributed by atoms with Crippen LogP contribution >= 0.6 is 0 Å². The van der Waals surface area contributed by atoms with Crippen LogP contribution in [-0.2, 0) is 11.4 Å². The van der Waals surface area contributed by atoms with Crippen LogP contribution in [0.3, 0.4) is 0 Å². The van der Waals surface area contributed by atoms with Crippen LogP contribution in [0.5, 0.6) is 11.5 Å². The van der Waals surface area contributed by atoms with Gasteiger partial charge in [-0.25, -0.2) is 4.79 Å². The summed E-state index contributed by atoms with van der Waals surface area (Å²) in [6, 6.07) is 13.3. The van der Waals surface area contributed by atoms with Crippen molar-refractivity contribution in [3.8, 4) is 11.5 Å². The fraction of sp³-hybridized carbons (Fsp3) is 0.316. The maximum Gasteiger partial charge on any atom is 0.333 e. The number of hydrogen-bond acceptors (Lipinski definition) is 4. The number of benzene rings is 2. The first-order valence-electron chi connectivity index (χ1n) is 7.70. The van der Waals surface area contributed by atoms with Gasteiger partial charge in [0.25, 0.3) is 0 Å². The largest absolute Gasteiger partial charge is 0.493 e. The fourth-order valence-electron chi connectivity index (χ4n) is 2.49. The van der Waals surface area contributed by atoms with Crippen LogP contribution in [0.25, 0.3) is 0 Å².